The molecular weight excluding hydrogens is 318 g/mol. The molecule has 2 saturated heterocycles. The maximum absolute atomic E-state index is 12.1. The molecule has 2 aromatic rings. The van der Waals surface area contributed by atoms with Gasteiger partial charge in [-0.3, -0.25) is 9.69 Å². The predicted molar refractivity (Wildman–Crippen MR) is 96.0 cm³/mol. The van der Waals surface area contributed by atoms with E-state index < -0.39 is 0 Å². The largest absolute Gasteiger partial charge is 0.349 e. The quantitative estimate of drug-likeness (QED) is 0.933. The zero-order valence-electron chi connectivity index (χ0n) is 14.0. The second-order valence-corrected chi connectivity index (χ2v) is 7.99. The molecule has 4 rings (SSSR count). The molecule has 1 N–H and O–H groups in total. The summed E-state index contributed by atoms with van der Waals surface area (Å²) in [5, 5.41) is 3.37. The number of nitrogens with one attached hydrogen (secondary N) is 1. The Kier molecular flexibility index (Phi) is 4.14. The average Bonchev–Trinajstić information content (AvgIpc) is 3.13. The normalized spacial score (nSPS) is 27.5. The molecule has 0 bridgehead atoms. The molecule has 0 unspecified atom stereocenters. The van der Waals surface area contributed by atoms with E-state index in [1.165, 1.54) is 10.4 Å². The van der Waals surface area contributed by atoms with Crippen LogP contribution in [0.5, 0.6) is 0 Å². The highest BCUT2D eigenvalue weighted by Crippen LogP contribution is 2.41. The van der Waals surface area contributed by atoms with Crippen LogP contribution in [-0.4, -0.2) is 34.4 Å². The molecule has 0 saturated carbocycles. The van der Waals surface area contributed by atoms with Crippen molar-refractivity contribution in [3.05, 3.63) is 52.0 Å². The minimum absolute atomic E-state index is 0.116. The molecule has 0 aliphatic carbocycles. The Balaban J connectivity index is 1.62. The van der Waals surface area contributed by atoms with Gasteiger partial charge in [-0.25, -0.2) is 4.98 Å². The van der Waals surface area contributed by atoms with Crippen LogP contribution in [0.4, 0.5) is 0 Å². The van der Waals surface area contributed by atoms with Crippen molar-refractivity contribution >= 4 is 17.2 Å². The first-order valence-electron chi connectivity index (χ1n) is 8.63. The lowest BCUT2D eigenvalue weighted by atomic mass is 9.76. The fourth-order valence-electron chi connectivity index (χ4n) is 4.27. The van der Waals surface area contributed by atoms with Crippen LogP contribution in [0.15, 0.2) is 35.8 Å². The first-order chi connectivity index (χ1) is 11.7. The minimum atomic E-state index is -0.116. The van der Waals surface area contributed by atoms with Crippen LogP contribution < -0.4 is 5.32 Å². The molecule has 1 aromatic carbocycles. The average molecular weight is 341 g/mol. The van der Waals surface area contributed by atoms with Crippen molar-refractivity contribution in [2.75, 3.05) is 13.1 Å². The van der Waals surface area contributed by atoms with Gasteiger partial charge in [0.1, 0.15) is 0 Å². The van der Waals surface area contributed by atoms with Gasteiger partial charge in [-0.05, 0) is 25.3 Å². The monoisotopic (exact) mass is 341 g/mol. The summed E-state index contributed by atoms with van der Waals surface area (Å²) in [4.78, 5) is 20.3. The second-order valence-electron chi connectivity index (χ2n) is 7.05. The third kappa shape index (κ3) is 2.87. The molecule has 5 heteroatoms. The number of rotatable bonds is 3. The van der Waals surface area contributed by atoms with Crippen LogP contribution in [0.2, 0.25) is 0 Å². The number of piperidine rings is 1. The van der Waals surface area contributed by atoms with Gasteiger partial charge >= 0.3 is 0 Å². The number of hydrogen-bond acceptors (Lipinski definition) is 4. The first-order valence-corrected chi connectivity index (χ1v) is 9.51. The first kappa shape index (κ1) is 15.8. The Morgan fingerprint density at radius 2 is 2.21 bits per heavy atom. The number of nitrogens with zero attached hydrogens (tertiary/aromatic N) is 2. The van der Waals surface area contributed by atoms with Gasteiger partial charge < -0.3 is 5.32 Å². The van der Waals surface area contributed by atoms with Gasteiger partial charge in [-0.2, -0.15) is 0 Å². The summed E-state index contributed by atoms with van der Waals surface area (Å²) in [7, 11) is 0. The number of carbonyl (C=O) groups excluding carboxylic acids is 1. The molecule has 1 spiro atoms. The highest BCUT2D eigenvalue weighted by molar-refractivity contribution is 7.09. The van der Waals surface area contributed by atoms with Crippen molar-refractivity contribution in [1.82, 2.24) is 15.2 Å². The fourth-order valence-corrected chi connectivity index (χ4v) is 5.08. The van der Waals surface area contributed by atoms with Crippen LogP contribution in [0.25, 0.3) is 0 Å². The van der Waals surface area contributed by atoms with Gasteiger partial charge in [0.15, 0.2) is 0 Å². The van der Waals surface area contributed by atoms with E-state index in [9.17, 15) is 4.79 Å². The summed E-state index contributed by atoms with van der Waals surface area (Å²) in [6.07, 6.45) is 2.72. The molecule has 3 heterocycles. The lowest BCUT2D eigenvalue weighted by molar-refractivity contribution is -0.125. The number of benzene rings is 1. The van der Waals surface area contributed by atoms with Crippen LogP contribution in [-0.2, 0) is 11.3 Å². The molecule has 0 radical (unpaired) electrons. The number of amides is 1. The zero-order valence-corrected chi connectivity index (χ0v) is 14.8. The van der Waals surface area contributed by atoms with Crippen molar-refractivity contribution in [3.8, 4) is 0 Å². The van der Waals surface area contributed by atoms with E-state index in [1.54, 1.807) is 11.3 Å². The van der Waals surface area contributed by atoms with E-state index in [1.807, 2.05) is 5.51 Å². The smallest absolute Gasteiger partial charge is 0.220 e. The summed E-state index contributed by atoms with van der Waals surface area (Å²) in [6.45, 7) is 4.92. The van der Waals surface area contributed by atoms with Crippen molar-refractivity contribution in [2.24, 2.45) is 0 Å². The molecule has 2 aliphatic rings. The topological polar surface area (TPSA) is 45.2 Å². The van der Waals surface area contributed by atoms with Gasteiger partial charge in [0.2, 0.25) is 5.91 Å². The Hall–Kier alpha value is -1.72. The molecule has 2 atom stereocenters. The van der Waals surface area contributed by atoms with Crippen LogP contribution >= 0.6 is 11.3 Å². The van der Waals surface area contributed by atoms with E-state index >= 15 is 0 Å². The summed E-state index contributed by atoms with van der Waals surface area (Å²) in [5.41, 5.74) is 4.27. The number of hydrogen-bond donors (Lipinski definition) is 1. The SMILES string of the molecule is Cc1ncsc1CN1C[C@@H](c2ccccc2)[C@]2(CCCC(=O)N2)C1. The van der Waals surface area contributed by atoms with Gasteiger partial charge in [-0.15, -0.1) is 11.3 Å². The number of aromatic nitrogens is 1. The fraction of sp³-hybridized carbons (Fsp3) is 0.474. The third-order valence-corrected chi connectivity index (χ3v) is 6.36. The number of aryl methyl sites for hydroxylation is 1. The highest BCUT2D eigenvalue weighted by atomic mass is 32.1. The van der Waals surface area contributed by atoms with Crippen LogP contribution in [0.1, 0.15) is 41.3 Å². The Morgan fingerprint density at radius 3 is 2.92 bits per heavy atom. The van der Waals surface area contributed by atoms with E-state index in [4.69, 9.17) is 0 Å². The summed E-state index contributed by atoms with van der Waals surface area (Å²) in [5.74, 6) is 0.564. The van der Waals surface area contributed by atoms with Gasteiger partial charge in [0, 0.05) is 36.9 Å². The number of likely N-dealkylation sites (tertiary alicyclic amines) is 1. The Morgan fingerprint density at radius 1 is 1.38 bits per heavy atom. The molecular formula is C19H23N3OS. The van der Waals surface area contributed by atoms with Crippen molar-refractivity contribution < 1.29 is 4.79 Å². The molecule has 2 aliphatic heterocycles. The van der Waals surface area contributed by atoms with Crippen LogP contribution in [0, 0.1) is 6.92 Å². The number of thiazole rings is 1. The summed E-state index contributed by atoms with van der Waals surface area (Å²) in [6, 6.07) is 10.7. The Labute approximate surface area is 146 Å². The predicted octanol–water partition coefficient (Wildman–Crippen LogP) is 3.09. The van der Waals surface area contributed by atoms with Gasteiger partial charge in [0.25, 0.3) is 0 Å². The maximum Gasteiger partial charge on any atom is 0.220 e. The third-order valence-electron chi connectivity index (χ3n) is 5.44. The minimum Gasteiger partial charge on any atom is -0.349 e. The van der Waals surface area contributed by atoms with E-state index in [0.717, 1.165) is 38.2 Å². The Bertz CT molecular complexity index is 729. The van der Waals surface area contributed by atoms with E-state index in [0.29, 0.717) is 12.3 Å². The second kappa shape index (κ2) is 6.30. The van der Waals surface area contributed by atoms with Crippen molar-refractivity contribution in [3.63, 3.8) is 0 Å². The zero-order chi connectivity index (χ0) is 16.6. The van der Waals surface area contributed by atoms with Crippen molar-refractivity contribution in [1.29, 1.82) is 0 Å². The molecule has 24 heavy (non-hydrogen) atoms. The maximum atomic E-state index is 12.1. The molecule has 1 aromatic heterocycles. The summed E-state index contributed by atoms with van der Waals surface area (Å²) >= 11 is 1.73. The highest BCUT2D eigenvalue weighted by Gasteiger charge is 2.49. The molecule has 2 fully saturated rings. The van der Waals surface area contributed by atoms with Crippen molar-refractivity contribution in [2.45, 2.75) is 44.2 Å². The molecule has 4 nitrogen and oxygen atoms in total. The number of carbonyl (C=O) groups is 1. The summed E-state index contributed by atoms with van der Waals surface area (Å²) < 4.78 is 0. The molecule has 1 amide bonds. The lowest BCUT2D eigenvalue weighted by Crippen LogP contribution is -2.56. The standard InChI is InChI=1S/C19H23N3OS/c1-14-17(24-13-20-14)11-22-10-16(15-6-3-2-4-7-15)19(12-22)9-5-8-18(23)21-19/h2-4,6-7,13,16H,5,8-12H2,1H3,(H,21,23)/t16-,19-/m0/s1. The molecule has 126 valence electrons. The van der Waals surface area contributed by atoms with Gasteiger partial charge in [-0.1, -0.05) is 30.3 Å². The van der Waals surface area contributed by atoms with Crippen LogP contribution in [0.3, 0.4) is 0 Å². The van der Waals surface area contributed by atoms with Gasteiger partial charge in [0.05, 0.1) is 16.7 Å². The lowest BCUT2D eigenvalue weighted by Gasteiger charge is -2.39. The van der Waals surface area contributed by atoms with E-state index in [-0.39, 0.29) is 11.4 Å². The van der Waals surface area contributed by atoms with E-state index in [2.05, 4.69) is 52.5 Å².